The van der Waals surface area contributed by atoms with Gasteiger partial charge >= 0.3 is 5.97 Å². The number of methoxy groups -OCH3 is 1. The fraction of sp³-hybridized carbons (Fsp3) is 0.350. The van der Waals surface area contributed by atoms with Crippen LogP contribution in [0.2, 0.25) is 0 Å². The molecule has 2 rings (SSSR count). The van der Waals surface area contributed by atoms with Crippen LogP contribution in [0.5, 0.6) is 0 Å². The second kappa shape index (κ2) is 9.11. The Kier molecular flexibility index (Phi) is 6.82. The van der Waals surface area contributed by atoms with E-state index in [0.29, 0.717) is 11.5 Å². The lowest BCUT2D eigenvalue weighted by Crippen LogP contribution is -2.18. The molecule has 0 unspecified atom stereocenters. The van der Waals surface area contributed by atoms with Crippen LogP contribution in [-0.4, -0.2) is 19.6 Å². The molecule has 0 heterocycles. The molecule has 2 aromatic carbocycles. The van der Waals surface area contributed by atoms with Gasteiger partial charge in [-0.25, -0.2) is 4.79 Å². The fourth-order valence-electron chi connectivity index (χ4n) is 2.63. The molecule has 3 nitrogen and oxygen atoms in total. The molecule has 0 aliphatic rings. The van der Waals surface area contributed by atoms with Crippen LogP contribution in [0.15, 0.2) is 54.6 Å². The van der Waals surface area contributed by atoms with E-state index in [-0.39, 0.29) is 5.97 Å². The minimum Gasteiger partial charge on any atom is -0.465 e. The molecule has 0 bridgehead atoms. The predicted molar refractivity (Wildman–Crippen MR) is 93.4 cm³/mol. The van der Waals surface area contributed by atoms with E-state index in [2.05, 4.69) is 42.6 Å². The SMILES string of the molecule is COC(=O)c1cccc(CNCC[C@@H](C)Cc2ccccc2)c1. The predicted octanol–water partition coefficient (Wildman–Crippen LogP) is 3.83. The Morgan fingerprint density at radius 2 is 1.83 bits per heavy atom. The van der Waals surface area contributed by atoms with Crippen molar-refractivity contribution in [1.29, 1.82) is 0 Å². The first-order chi connectivity index (χ1) is 11.2. The average Bonchev–Trinajstić information content (AvgIpc) is 2.59. The molecule has 0 saturated heterocycles. The number of esters is 1. The van der Waals surface area contributed by atoms with Gasteiger partial charge in [0.15, 0.2) is 0 Å². The van der Waals surface area contributed by atoms with Gasteiger partial charge < -0.3 is 10.1 Å². The van der Waals surface area contributed by atoms with Crippen molar-refractivity contribution in [2.45, 2.75) is 26.3 Å². The van der Waals surface area contributed by atoms with Gasteiger partial charge in [0, 0.05) is 6.54 Å². The van der Waals surface area contributed by atoms with Gasteiger partial charge in [-0.2, -0.15) is 0 Å². The summed E-state index contributed by atoms with van der Waals surface area (Å²) in [5, 5.41) is 3.45. The van der Waals surface area contributed by atoms with Gasteiger partial charge in [0.2, 0.25) is 0 Å². The van der Waals surface area contributed by atoms with Gasteiger partial charge in [-0.1, -0.05) is 49.4 Å². The Morgan fingerprint density at radius 3 is 2.57 bits per heavy atom. The standard InChI is InChI=1S/C20H25NO2/c1-16(13-17-7-4-3-5-8-17)11-12-21-15-18-9-6-10-19(14-18)20(22)23-2/h3-10,14,16,21H,11-13,15H2,1-2H3/t16-/m1/s1. The molecule has 0 radical (unpaired) electrons. The second-order valence-corrected chi connectivity index (χ2v) is 5.95. The minimum atomic E-state index is -0.289. The molecule has 1 N–H and O–H groups in total. The lowest BCUT2D eigenvalue weighted by molar-refractivity contribution is 0.0600. The van der Waals surface area contributed by atoms with Crippen LogP contribution in [0, 0.1) is 5.92 Å². The molecule has 0 saturated carbocycles. The van der Waals surface area contributed by atoms with E-state index < -0.39 is 0 Å². The van der Waals surface area contributed by atoms with E-state index >= 15 is 0 Å². The van der Waals surface area contributed by atoms with Gasteiger partial charge in [0.25, 0.3) is 0 Å². The van der Waals surface area contributed by atoms with Crippen molar-refractivity contribution in [3.63, 3.8) is 0 Å². The summed E-state index contributed by atoms with van der Waals surface area (Å²) in [6.45, 7) is 4.02. The normalized spacial score (nSPS) is 11.9. The third-order valence-electron chi connectivity index (χ3n) is 3.92. The summed E-state index contributed by atoms with van der Waals surface area (Å²) in [5.74, 6) is 0.356. The van der Waals surface area contributed by atoms with Gasteiger partial charge in [0.1, 0.15) is 0 Å². The smallest absolute Gasteiger partial charge is 0.337 e. The molecule has 0 amide bonds. The molecular formula is C20H25NO2. The monoisotopic (exact) mass is 311 g/mol. The van der Waals surface area contributed by atoms with Crippen molar-refractivity contribution in [3.8, 4) is 0 Å². The van der Waals surface area contributed by atoms with E-state index in [1.54, 1.807) is 6.07 Å². The quantitative estimate of drug-likeness (QED) is 0.595. The van der Waals surface area contributed by atoms with Crippen molar-refractivity contribution in [2.24, 2.45) is 5.92 Å². The number of carbonyl (C=O) groups is 1. The molecule has 0 spiro atoms. The largest absolute Gasteiger partial charge is 0.465 e. The van der Waals surface area contributed by atoms with Crippen molar-refractivity contribution >= 4 is 5.97 Å². The minimum absolute atomic E-state index is 0.289. The molecule has 0 fully saturated rings. The number of carbonyl (C=O) groups excluding carboxylic acids is 1. The van der Waals surface area contributed by atoms with Gasteiger partial charge in [-0.05, 0) is 48.6 Å². The zero-order valence-electron chi connectivity index (χ0n) is 13.9. The van der Waals surface area contributed by atoms with Crippen molar-refractivity contribution in [2.75, 3.05) is 13.7 Å². The fourth-order valence-corrected chi connectivity index (χ4v) is 2.63. The highest BCUT2D eigenvalue weighted by Gasteiger charge is 2.06. The van der Waals surface area contributed by atoms with Crippen LogP contribution in [0.4, 0.5) is 0 Å². The Hall–Kier alpha value is -2.13. The van der Waals surface area contributed by atoms with Crippen molar-refractivity contribution < 1.29 is 9.53 Å². The topological polar surface area (TPSA) is 38.3 Å². The highest BCUT2D eigenvalue weighted by atomic mass is 16.5. The Balaban J connectivity index is 1.72. The van der Waals surface area contributed by atoms with E-state index in [9.17, 15) is 4.79 Å². The van der Waals surface area contributed by atoms with Crippen LogP contribution < -0.4 is 5.32 Å². The van der Waals surface area contributed by atoms with E-state index in [1.807, 2.05) is 18.2 Å². The Labute approximate surface area is 138 Å². The molecule has 23 heavy (non-hydrogen) atoms. The maximum Gasteiger partial charge on any atom is 0.337 e. The summed E-state index contributed by atoms with van der Waals surface area (Å²) in [5.41, 5.74) is 3.10. The zero-order valence-corrected chi connectivity index (χ0v) is 13.9. The number of hydrogen-bond acceptors (Lipinski definition) is 3. The third-order valence-corrected chi connectivity index (χ3v) is 3.92. The summed E-state index contributed by atoms with van der Waals surface area (Å²) in [6, 6.07) is 18.2. The maximum atomic E-state index is 11.5. The summed E-state index contributed by atoms with van der Waals surface area (Å²) in [6.07, 6.45) is 2.24. The molecule has 0 aromatic heterocycles. The van der Waals surface area contributed by atoms with E-state index in [4.69, 9.17) is 4.74 Å². The first kappa shape index (κ1) is 17.2. The highest BCUT2D eigenvalue weighted by molar-refractivity contribution is 5.89. The first-order valence-corrected chi connectivity index (χ1v) is 8.11. The molecule has 3 heteroatoms. The van der Waals surface area contributed by atoms with Crippen LogP contribution >= 0.6 is 0 Å². The lowest BCUT2D eigenvalue weighted by Gasteiger charge is -2.12. The molecule has 0 aliphatic carbocycles. The molecule has 0 aliphatic heterocycles. The highest BCUT2D eigenvalue weighted by Crippen LogP contribution is 2.11. The number of benzene rings is 2. The van der Waals surface area contributed by atoms with Crippen molar-refractivity contribution in [1.82, 2.24) is 5.32 Å². The van der Waals surface area contributed by atoms with Gasteiger partial charge in [-0.15, -0.1) is 0 Å². The van der Waals surface area contributed by atoms with Crippen LogP contribution in [0.3, 0.4) is 0 Å². The number of rotatable bonds is 8. The summed E-state index contributed by atoms with van der Waals surface area (Å²) < 4.78 is 4.75. The van der Waals surface area contributed by atoms with Gasteiger partial charge in [0.05, 0.1) is 12.7 Å². The molecule has 1 atom stereocenters. The molecule has 122 valence electrons. The molecular weight excluding hydrogens is 286 g/mol. The van der Waals surface area contributed by atoms with Crippen LogP contribution in [0.1, 0.15) is 34.8 Å². The van der Waals surface area contributed by atoms with Crippen molar-refractivity contribution in [3.05, 3.63) is 71.3 Å². The van der Waals surface area contributed by atoms with E-state index in [0.717, 1.165) is 31.5 Å². The maximum absolute atomic E-state index is 11.5. The number of ether oxygens (including phenoxy) is 1. The average molecular weight is 311 g/mol. The lowest BCUT2D eigenvalue weighted by atomic mass is 9.98. The third kappa shape index (κ3) is 5.87. The molecule has 2 aromatic rings. The number of nitrogens with one attached hydrogen (secondary N) is 1. The number of hydrogen-bond donors (Lipinski definition) is 1. The van der Waals surface area contributed by atoms with Crippen LogP contribution in [-0.2, 0) is 17.7 Å². The summed E-state index contributed by atoms with van der Waals surface area (Å²) in [7, 11) is 1.40. The second-order valence-electron chi connectivity index (χ2n) is 5.95. The van der Waals surface area contributed by atoms with Gasteiger partial charge in [-0.3, -0.25) is 0 Å². The zero-order chi connectivity index (χ0) is 16.5. The Bertz CT molecular complexity index is 610. The summed E-state index contributed by atoms with van der Waals surface area (Å²) in [4.78, 5) is 11.5. The first-order valence-electron chi connectivity index (χ1n) is 8.11. The van der Waals surface area contributed by atoms with Crippen LogP contribution in [0.25, 0.3) is 0 Å². The Morgan fingerprint density at radius 1 is 1.09 bits per heavy atom. The summed E-state index contributed by atoms with van der Waals surface area (Å²) >= 11 is 0. The van der Waals surface area contributed by atoms with E-state index in [1.165, 1.54) is 12.7 Å².